The van der Waals surface area contributed by atoms with Gasteiger partial charge in [-0.1, -0.05) is 30.3 Å². The highest BCUT2D eigenvalue weighted by Crippen LogP contribution is 2.28. The Labute approximate surface area is 152 Å². The van der Waals surface area contributed by atoms with Gasteiger partial charge in [-0.25, -0.2) is 4.79 Å². The summed E-state index contributed by atoms with van der Waals surface area (Å²) in [5.74, 6) is 0.171. The van der Waals surface area contributed by atoms with Gasteiger partial charge in [0.1, 0.15) is 5.75 Å². The van der Waals surface area contributed by atoms with Crippen molar-refractivity contribution in [2.75, 3.05) is 44.8 Å². The number of nitrogens with zero attached hydrogens (tertiary/aromatic N) is 2. The molecule has 0 bridgehead atoms. The number of hydrogen-bond donors (Lipinski definition) is 0. The maximum absolute atomic E-state index is 12.3. The molecule has 0 aromatic heterocycles. The Kier molecular flexibility index (Phi) is 5.73. The zero-order valence-corrected chi connectivity index (χ0v) is 14.8. The molecule has 1 heterocycles. The van der Waals surface area contributed by atoms with Crippen LogP contribution >= 0.6 is 0 Å². The van der Waals surface area contributed by atoms with Gasteiger partial charge in [0.15, 0.2) is 6.61 Å². The molecule has 0 radical (unpaired) electrons. The van der Waals surface area contributed by atoms with E-state index in [0.29, 0.717) is 31.7 Å². The van der Waals surface area contributed by atoms with Crippen molar-refractivity contribution < 1.29 is 19.1 Å². The molecular weight excluding hydrogens is 332 g/mol. The lowest BCUT2D eigenvalue weighted by atomic mass is 10.2. The monoisotopic (exact) mass is 354 g/mol. The van der Waals surface area contributed by atoms with Gasteiger partial charge in [-0.05, 0) is 24.3 Å². The van der Waals surface area contributed by atoms with Crippen LogP contribution in [-0.2, 0) is 9.53 Å². The predicted molar refractivity (Wildman–Crippen MR) is 98.5 cm³/mol. The van der Waals surface area contributed by atoms with E-state index < -0.39 is 5.97 Å². The maximum atomic E-state index is 12.3. The van der Waals surface area contributed by atoms with Crippen LogP contribution in [0.1, 0.15) is 10.4 Å². The number of esters is 1. The van der Waals surface area contributed by atoms with Crippen molar-refractivity contribution >= 4 is 17.6 Å². The zero-order chi connectivity index (χ0) is 18.4. The number of hydrogen-bond acceptors (Lipinski definition) is 5. The predicted octanol–water partition coefficient (Wildman–Crippen LogP) is 2.20. The number of methoxy groups -OCH3 is 1. The summed E-state index contributed by atoms with van der Waals surface area (Å²) in [6.07, 6.45) is 0. The van der Waals surface area contributed by atoms with Gasteiger partial charge in [-0.15, -0.1) is 0 Å². The van der Waals surface area contributed by atoms with Gasteiger partial charge in [0, 0.05) is 26.2 Å². The Bertz CT molecular complexity index is 755. The highest BCUT2D eigenvalue weighted by Gasteiger charge is 2.23. The van der Waals surface area contributed by atoms with Gasteiger partial charge < -0.3 is 19.3 Å². The van der Waals surface area contributed by atoms with Crippen LogP contribution < -0.4 is 9.64 Å². The van der Waals surface area contributed by atoms with Gasteiger partial charge in [0.2, 0.25) is 0 Å². The van der Waals surface area contributed by atoms with E-state index in [4.69, 9.17) is 9.47 Å². The molecule has 6 nitrogen and oxygen atoms in total. The SMILES string of the molecule is COc1ccccc1N1CCN(C(=O)COC(=O)c2ccccc2)CC1. The molecule has 1 saturated heterocycles. The van der Waals surface area contributed by atoms with E-state index in [-0.39, 0.29) is 12.5 Å². The molecule has 3 rings (SSSR count). The second-order valence-corrected chi connectivity index (χ2v) is 5.98. The minimum absolute atomic E-state index is 0.172. The largest absolute Gasteiger partial charge is 0.495 e. The third-order valence-corrected chi connectivity index (χ3v) is 4.39. The molecule has 2 aromatic rings. The summed E-state index contributed by atoms with van der Waals surface area (Å²) < 4.78 is 10.5. The normalized spacial score (nSPS) is 14.0. The molecule has 1 fully saturated rings. The number of carbonyl (C=O) groups is 2. The zero-order valence-electron chi connectivity index (χ0n) is 14.8. The molecule has 1 amide bonds. The van der Waals surface area contributed by atoms with E-state index in [9.17, 15) is 9.59 Å². The fraction of sp³-hybridized carbons (Fsp3) is 0.300. The average molecular weight is 354 g/mol. The number of rotatable bonds is 5. The number of para-hydroxylation sites is 2. The van der Waals surface area contributed by atoms with Crippen LogP contribution in [0.25, 0.3) is 0 Å². The van der Waals surface area contributed by atoms with E-state index in [1.54, 1.807) is 36.3 Å². The second-order valence-electron chi connectivity index (χ2n) is 5.98. The Hall–Kier alpha value is -3.02. The van der Waals surface area contributed by atoms with Crippen LogP contribution in [0.2, 0.25) is 0 Å². The Morgan fingerprint density at radius 2 is 1.58 bits per heavy atom. The molecule has 136 valence electrons. The van der Waals surface area contributed by atoms with Gasteiger partial charge in [-0.2, -0.15) is 0 Å². The maximum Gasteiger partial charge on any atom is 0.338 e. The van der Waals surface area contributed by atoms with Crippen molar-refractivity contribution in [1.29, 1.82) is 0 Å². The van der Waals surface area contributed by atoms with Crippen molar-refractivity contribution in [3.63, 3.8) is 0 Å². The third-order valence-electron chi connectivity index (χ3n) is 4.39. The number of carbonyl (C=O) groups excluding carboxylic acids is 2. The van der Waals surface area contributed by atoms with Crippen molar-refractivity contribution in [2.24, 2.45) is 0 Å². The van der Waals surface area contributed by atoms with Crippen molar-refractivity contribution in [3.8, 4) is 5.75 Å². The van der Waals surface area contributed by atoms with Crippen LogP contribution in [0, 0.1) is 0 Å². The molecule has 6 heteroatoms. The number of benzene rings is 2. The molecule has 0 aliphatic carbocycles. The number of ether oxygens (including phenoxy) is 2. The lowest BCUT2D eigenvalue weighted by Crippen LogP contribution is -2.50. The van der Waals surface area contributed by atoms with Crippen molar-refractivity contribution in [2.45, 2.75) is 0 Å². The van der Waals surface area contributed by atoms with E-state index >= 15 is 0 Å². The number of amides is 1. The lowest BCUT2D eigenvalue weighted by molar-refractivity contribution is -0.134. The molecule has 0 unspecified atom stereocenters. The molecule has 26 heavy (non-hydrogen) atoms. The van der Waals surface area contributed by atoms with Crippen molar-refractivity contribution in [1.82, 2.24) is 4.90 Å². The molecule has 0 N–H and O–H groups in total. The molecular formula is C20H22N2O4. The van der Waals surface area contributed by atoms with Crippen LogP contribution in [0.4, 0.5) is 5.69 Å². The van der Waals surface area contributed by atoms with Gasteiger partial charge in [-0.3, -0.25) is 4.79 Å². The van der Waals surface area contributed by atoms with E-state index in [0.717, 1.165) is 11.4 Å². The van der Waals surface area contributed by atoms with Crippen LogP contribution in [-0.4, -0.2) is 56.7 Å². The first-order valence-electron chi connectivity index (χ1n) is 8.57. The van der Waals surface area contributed by atoms with E-state index in [1.165, 1.54) is 0 Å². The molecule has 2 aromatic carbocycles. The summed E-state index contributed by atoms with van der Waals surface area (Å²) in [6, 6.07) is 16.5. The Morgan fingerprint density at radius 1 is 0.923 bits per heavy atom. The summed E-state index contributed by atoms with van der Waals surface area (Å²) >= 11 is 0. The fourth-order valence-corrected chi connectivity index (χ4v) is 2.96. The molecule has 0 saturated carbocycles. The first kappa shape index (κ1) is 17.8. The highest BCUT2D eigenvalue weighted by atomic mass is 16.5. The second kappa shape index (κ2) is 8.38. The average Bonchev–Trinajstić information content (AvgIpc) is 2.72. The minimum atomic E-state index is -0.480. The summed E-state index contributed by atoms with van der Waals surface area (Å²) in [5, 5.41) is 0. The number of anilines is 1. The van der Waals surface area contributed by atoms with Gasteiger partial charge >= 0.3 is 5.97 Å². The first-order chi connectivity index (χ1) is 12.7. The standard InChI is InChI=1S/C20H22N2O4/c1-25-18-10-6-5-9-17(18)21-11-13-22(14-12-21)19(23)15-26-20(24)16-7-3-2-4-8-16/h2-10H,11-15H2,1H3. The summed E-state index contributed by atoms with van der Waals surface area (Å²) in [7, 11) is 1.65. The number of piperazine rings is 1. The molecule has 0 atom stereocenters. The summed E-state index contributed by atoms with van der Waals surface area (Å²) in [5.41, 5.74) is 1.47. The smallest absolute Gasteiger partial charge is 0.338 e. The fourth-order valence-electron chi connectivity index (χ4n) is 2.96. The van der Waals surface area contributed by atoms with Gasteiger partial charge in [0.05, 0.1) is 18.4 Å². The van der Waals surface area contributed by atoms with E-state index in [2.05, 4.69) is 4.90 Å². The lowest BCUT2D eigenvalue weighted by Gasteiger charge is -2.36. The molecule has 0 spiro atoms. The summed E-state index contributed by atoms with van der Waals surface area (Å²) in [4.78, 5) is 28.1. The third kappa shape index (κ3) is 4.14. The molecule has 1 aliphatic rings. The topological polar surface area (TPSA) is 59.1 Å². The minimum Gasteiger partial charge on any atom is -0.495 e. The van der Waals surface area contributed by atoms with Crippen LogP contribution in [0.15, 0.2) is 54.6 Å². The Morgan fingerprint density at radius 3 is 2.27 bits per heavy atom. The highest BCUT2D eigenvalue weighted by molar-refractivity contribution is 5.91. The van der Waals surface area contributed by atoms with Gasteiger partial charge in [0.25, 0.3) is 5.91 Å². The summed E-state index contributed by atoms with van der Waals surface area (Å²) in [6.45, 7) is 2.35. The van der Waals surface area contributed by atoms with E-state index in [1.807, 2.05) is 30.3 Å². The quantitative estimate of drug-likeness (QED) is 0.771. The Balaban J connectivity index is 1.50. The van der Waals surface area contributed by atoms with Crippen LogP contribution in [0.5, 0.6) is 5.75 Å². The van der Waals surface area contributed by atoms with Crippen molar-refractivity contribution in [3.05, 3.63) is 60.2 Å². The van der Waals surface area contributed by atoms with Crippen LogP contribution in [0.3, 0.4) is 0 Å². The molecule has 1 aliphatic heterocycles. The first-order valence-corrected chi connectivity index (χ1v) is 8.57.